The van der Waals surface area contributed by atoms with E-state index in [2.05, 4.69) is 20.8 Å². The molecule has 8 heteroatoms. The standard InChI is InChI=1S/C20H20FN5OS/c1-14-23-24-25-26(14)18-13-15(9-10-17(18)21)22-19(27)20(11-5-6-12-20)28-16-7-3-2-4-8-16/h2-4,7-10,13H,5-6,11-12H2,1H3,(H,22,27). The van der Waals surface area contributed by atoms with Gasteiger partial charge in [-0.3, -0.25) is 4.79 Å². The Bertz CT molecular complexity index is 985. The molecule has 1 amide bonds. The lowest BCUT2D eigenvalue weighted by Gasteiger charge is -2.27. The first kappa shape index (κ1) is 18.6. The third-order valence-electron chi connectivity index (χ3n) is 4.94. The Labute approximate surface area is 166 Å². The summed E-state index contributed by atoms with van der Waals surface area (Å²) in [6.45, 7) is 1.69. The molecule has 0 radical (unpaired) electrons. The van der Waals surface area contributed by atoms with Crippen LogP contribution in [0.3, 0.4) is 0 Å². The maximum Gasteiger partial charge on any atom is 0.240 e. The molecule has 1 N–H and O–H groups in total. The number of thioether (sulfide) groups is 1. The predicted molar refractivity (Wildman–Crippen MR) is 106 cm³/mol. The minimum atomic E-state index is -0.513. The van der Waals surface area contributed by atoms with Gasteiger partial charge in [0.15, 0.2) is 5.82 Å². The van der Waals surface area contributed by atoms with Crippen LogP contribution in [0.4, 0.5) is 10.1 Å². The molecule has 1 saturated carbocycles. The molecule has 1 aliphatic carbocycles. The van der Waals surface area contributed by atoms with Gasteiger partial charge in [-0.15, -0.1) is 16.9 Å². The summed E-state index contributed by atoms with van der Waals surface area (Å²) < 4.78 is 15.1. The molecule has 28 heavy (non-hydrogen) atoms. The summed E-state index contributed by atoms with van der Waals surface area (Å²) in [5, 5.41) is 14.1. The minimum absolute atomic E-state index is 0.0511. The second kappa shape index (κ2) is 7.71. The number of carbonyl (C=O) groups excluding carboxylic acids is 1. The van der Waals surface area contributed by atoms with E-state index in [4.69, 9.17) is 0 Å². The van der Waals surface area contributed by atoms with Crippen LogP contribution in [0, 0.1) is 12.7 Å². The molecule has 3 aromatic rings. The van der Waals surface area contributed by atoms with Gasteiger partial charge in [-0.05, 0) is 60.5 Å². The van der Waals surface area contributed by atoms with E-state index in [0.717, 1.165) is 30.6 Å². The number of halogens is 1. The van der Waals surface area contributed by atoms with E-state index in [1.165, 1.54) is 10.7 Å². The Morgan fingerprint density at radius 2 is 1.93 bits per heavy atom. The summed E-state index contributed by atoms with van der Waals surface area (Å²) in [4.78, 5) is 14.3. The second-order valence-electron chi connectivity index (χ2n) is 6.87. The monoisotopic (exact) mass is 397 g/mol. The normalized spacial score (nSPS) is 15.5. The average molecular weight is 397 g/mol. The van der Waals surface area contributed by atoms with Gasteiger partial charge in [-0.2, -0.15) is 4.68 Å². The molecule has 4 rings (SSSR count). The van der Waals surface area contributed by atoms with Crippen LogP contribution in [0.1, 0.15) is 31.5 Å². The molecule has 0 spiro atoms. The molecule has 144 valence electrons. The molecule has 0 atom stereocenters. The first-order valence-corrected chi connectivity index (χ1v) is 9.99. The smallest absolute Gasteiger partial charge is 0.240 e. The van der Waals surface area contributed by atoms with E-state index in [-0.39, 0.29) is 11.6 Å². The predicted octanol–water partition coefficient (Wildman–Crippen LogP) is 4.15. The molecule has 1 aromatic heterocycles. The van der Waals surface area contributed by atoms with Crippen LogP contribution in [-0.2, 0) is 4.79 Å². The van der Waals surface area contributed by atoms with Gasteiger partial charge in [-0.25, -0.2) is 4.39 Å². The molecule has 1 aliphatic rings. The van der Waals surface area contributed by atoms with E-state index >= 15 is 0 Å². The minimum Gasteiger partial charge on any atom is -0.325 e. The number of tetrazole rings is 1. The van der Waals surface area contributed by atoms with Gasteiger partial charge in [0.05, 0.1) is 4.75 Å². The first-order chi connectivity index (χ1) is 13.6. The molecule has 0 bridgehead atoms. The van der Waals surface area contributed by atoms with Gasteiger partial charge >= 0.3 is 0 Å². The zero-order chi connectivity index (χ0) is 19.6. The zero-order valence-corrected chi connectivity index (χ0v) is 16.2. The SMILES string of the molecule is Cc1nnnn1-c1cc(NC(=O)C2(Sc3ccccc3)CCCC2)ccc1F. The quantitative estimate of drug-likeness (QED) is 0.700. The summed E-state index contributed by atoms with van der Waals surface area (Å²) in [6, 6.07) is 14.4. The van der Waals surface area contributed by atoms with Crippen molar-refractivity contribution >= 4 is 23.4 Å². The van der Waals surface area contributed by atoms with E-state index < -0.39 is 10.6 Å². The Morgan fingerprint density at radius 1 is 1.18 bits per heavy atom. The fourth-order valence-electron chi connectivity index (χ4n) is 3.49. The van der Waals surface area contributed by atoms with Crippen LogP contribution in [0.15, 0.2) is 53.4 Å². The molecule has 1 fully saturated rings. The number of rotatable bonds is 5. The van der Waals surface area contributed by atoms with Crippen molar-refractivity contribution in [3.63, 3.8) is 0 Å². The van der Waals surface area contributed by atoms with Crippen LogP contribution in [0.2, 0.25) is 0 Å². The number of carbonyl (C=O) groups is 1. The molecular formula is C20H20FN5OS. The topological polar surface area (TPSA) is 72.7 Å². The lowest BCUT2D eigenvalue weighted by molar-refractivity contribution is -0.118. The fourth-order valence-corrected chi connectivity index (χ4v) is 4.87. The number of aryl methyl sites for hydroxylation is 1. The average Bonchev–Trinajstić information content (AvgIpc) is 3.34. The molecule has 2 aromatic carbocycles. The molecule has 0 saturated heterocycles. The van der Waals surface area contributed by atoms with Crippen LogP contribution in [0.25, 0.3) is 5.69 Å². The largest absolute Gasteiger partial charge is 0.325 e. The van der Waals surface area contributed by atoms with Crippen LogP contribution >= 0.6 is 11.8 Å². The van der Waals surface area contributed by atoms with Crippen molar-refractivity contribution < 1.29 is 9.18 Å². The molecular weight excluding hydrogens is 377 g/mol. The highest BCUT2D eigenvalue weighted by Crippen LogP contribution is 2.46. The number of nitrogens with one attached hydrogen (secondary N) is 1. The summed E-state index contributed by atoms with van der Waals surface area (Å²) in [5.41, 5.74) is 0.729. The van der Waals surface area contributed by atoms with Gasteiger partial charge in [0, 0.05) is 10.6 Å². The Balaban J connectivity index is 1.59. The first-order valence-electron chi connectivity index (χ1n) is 9.18. The fraction of sp³-hybridized carbons (Fsp3) is 0.300. The highest BCUT2D eigenvalue weighted by Gasteiger charge is 2.42. The number of amides is 1. The van der Waals surface area contributed by atoms with E-state index in [1.54, 1.807) is 30.8 Å². The van der Waals surface area contributed by atoms with Crippen molar-refractivity contribution in [3.05, 3.63) is 60.2 Å². The van der Waals surface area contributed by atoms with Crippen molar-refractivity contribution in [1.29, 1.82) is 0 Å². The van der Waals surface area contributed by atoms with Gasteiger partial charge in [0.25, 0.3) is 0 Å². The van der Waals surface area contributed by atoms with Crippen molar-refractivity contribution in [3.8, 4) is 5.69 Å². The second-order valence-corrected chi connectivity index (χ2v) is 8.33. The van der Waals surface area contributed by atoms with Crippen molar-refractivity contribution in [1.82, 2.24) is 20.2 Å². The molecule has 1 heterocycles. The maximum absolute atomic E-state index is 14.3. The highest BCUT2D eigenvalue weighted by atomic mass is 32.2. The van der Waals surface area contributed by atoms with E-state index in [1.807, 2.05) is 30.3 Å². The molecule has 6 nitrogen and oxygen atoms in total. The van der Waals surface area contributed by atoms with Crippen LogP contribution < -0.4 is 5.32 Å². The number of anilines is 1. The molecule has 0 aliphatic heterocycles. The van der Waals surface area contributed by atoms with Crippen molar-refractivity contribution in [2.45, 2.75) is 42.2 Å². The number of benzene rings is 2. The number of hydrogen-bond acceptors (Lipinski definition) is 5. The summed E-state index contributed by atoms with van der Waals surface area (Å²) >= 11 is 1.61. The summed E-state index contributed by atoms with van der Waals surface area (Å²) in [5.74, 6) is -0.0400. The number of hydrogen-bond donors (Lipinski definition) is 1. The van der Waals surface area contributed by atoms with Crippen molar-refractivity contribution in [2.24, 2.45) is 0 Å². The maximum atomic E-state index is 14.3. The number of aromatic nitrogens is 4. The van der Waals surface area contributed by atoms with Gasteiger partial charge in [0.2, 0.25) is 5.91 Å². The van der Waals surface area contributed by atoms with Gasteiger partial charge in [-0.1, -0.05) is 31.0 Å². The van der Waals surface area contributed by atoms with E-state index in [0.29, 0.717) is 11.5 Å². The lowest BCUT2D eigenvalue weighted by atomic mass is 10.1. The third-order valence-corrected chi connectivity index (χ3v) is 6.43. The summed E-state index contributed by atoms with van der Waals surface area (Å²) in [6.07, 6.45) is 3.68. The Hall–Kier alpha value is -2.74. The van der Waals surface area contributed by atoms with Gasteiger partial charge in [0.1, 0.15) is 11.5 Å². The van der Waals surface area contributed by atoms with Crippen LogP contribution in [-0.4, -0.2) is 30.9 Å². The molecule has 0 unspecified atom stereocenters. The zero-order valence-electron chi connectivity index (χ0n) is 15.4. The summed E-state index contributed by atoms with van der Waals surface area (Å²) in [7, 11) is 0. The van der Waals surface area contributed by atoms with Crippen LogP contribution in [0.5, 0.6) is 0 Å². The number of nitrogens with zero attached hydrogens (tertiary/aromatic N) is 4. The Morgan fingerprint density at radius 3 is 2.61 bits per heavy atom. The van der Waals surface area contributed by atoms with E-state index in [9.17, 15) is 9.18 Å². The lowest BCUT2D eigenvalue weighted by Crippen LogP contribution is -2.37. The van der Waals surface area contributed by atoms with Crippen molar-refractivity contribution in [2.75, 3.05) is 5.32 Å². The highest BCUT2D eigenvalue weighted by molar-refractivity contribution is 8.01. The third kappa shape index (κ3) is 3.64. The Kier molecular flexibility index (Phi) is 5.13. The van der Waals surface area contributed by atoms with Gasteiger partial charge < -0.3 is 5.32 Å².